The van der Waals surface area contributed by atoms with Crippen LogP contribution >= 0.6 is 0 Å². The van der Waals surface area contributed by atoms with Crippen LogP contribution in [0.15, 0.2) is 4.99 Å². The molecule has 0 saturated carbocycles. The van der Waals surface area contributed by atoms with Gasteiger partial charge >= 0.3 is 6.09 Å². The normalized spacial score (nSPS) is 17.0. The first-order chi connectivity index (χ1) is 12.6. The number of piperazine rings is 1. The van der Waals surface area contributed by atoms with E-state index in [1.807, 2.05) is 34.6 Å². The van der Waals surface area contributed by atoms with E-state index in [4.69, 9.17) is 9.47 Å². The van der Waals surface area contributed by atoms with Crippen molar-refractivity contribution in [3.8, 4) is 0 Å². The van der Waals surface area contributed by atoms with Gasteiger partial charge in [-0.15, -0.1) is 0 Å². The molecular formula is C19H39N5O3. The standard InChI is InChI=1S/C19H39N5O3/c1-18(2,3)27-17(25)24-13-11-23(12-14-24)10-8-9-21-16(20-6)22-15-19(4,5)26-7/h8-15H2,1-7H3,(H2,20,21,22). The summed E-state index contributed by atoms with van der Waals surface area (Å²) < 4.78 is 10.8. The van der Waals surface area contributed by atoms with Gasteiger partial charge in [0, 0.05) is 53.4 Å². The summed E-state index contributed by atoms with van der Waals surface area (Å²) in [5, 5.41) is 6.61. The lowest BCUT2D eigenvalue weighted by Gasteiger charge is -2.35. The third-order valence-electron chi connectivity index (χ3n) is 4.43. The third-order valence-corrected chi connectivity index (χ3v) is 4.43. The summed E-state index contributed by atoms with van der Waals surface area (Å²) in [4.78, 5) is 20.5. The van der Waals surface area contributed by atoms with Crippen molar-refractivity contribution in [3.63, 3.8) is 0 Å². The number of amides is 1. The molecular weight excluding hydrogens is 346 g/mol. The van der Waals surface area contributed by atoms with Gasteiger partial charge in [0.05, 0.1) is 5.60 Å². The minimum Gasteiger partial charge on any atom is -0.444 e. The Kier molecular flexibility index (Phi) is 9.32. The Morgan fingerprint density at radius 3 is 2.22 bits per heavy atom. The molecule has 8 nitrogen and oxygen atoms in total. The number of rotatable bonds is 7. The monoisotopic (exact) mass is 385 g/mol. The van der Waals surface area contributed by atoms with Crippen molar-refractivity contribution in [1.82, 2.24) is 20.4 Å². The van der Waals surface area contributed by atoms with Crippen LogP contribution in [0.2, 0.25) is 0 Å². The molecule has 27 heavy (non-hydrogen) atoms. The maximum Gasteiger partial charge on any atom is 0.410 e. The highest BCUT2D eigenvalue weighted by molar-refractivity contribution is 5.79. The lowest BCUT2D eigenvalue weighted by molar-refractivity contribution is 0.0145. The predicted molar refractivity (Wildman–Crippen MR) is 109 cm³/mol. The van der Waals surface area contributed by atoms with Crippen LogP contribution in [0, 0.1) is 0 Å². The SMILES string of the molecule is CN=C(NCCCN1CCN(C(=O)OC(C)(C)C)CC1)NCC(C)(C)OC. The van der Waals surface area contributed by atoms with Crippen molar-refractivity contribution >= 4 is 12.1 Å². The lowest BCUT2D eigenvalue weighted by Crippen LogP contribution is -2.50. The molecule has 158 valence electrons. The zero-order chi connectivity index (χ0) is 20.5. The van der Waals surface area contributed by atoms with E-state index in [1.54, 1.807) is 19.1 Å². The van der Waals surface area contributed by atoms with Gasteiger partial charge in [0.15, 0.2) is 5.96 Å². The molecule has 1 heterocycles. The molecule has 0 aromatic heterocycles. The second-order valence-electron chi connectivity index (χ2n) is 8.48. The number of hydrogen-bond acceptors (Lipinski definition) is 5. The molecule has 0 atom stereocenters. The van der Waals surface area contributed by atoms with Crippen LogP contribution in [0.3, 0.4) is 0 Å². The fourth-order valence-electron chi connectivity index (χ4n) is 2.58. The molecule has 1 aliphatic heterocycles. The molecule has 2 N–H and O–H groups in total. The van der Waals surface area contributed by atoms with Gasteiger partial charge in [-0.25, -0.2) is 4.79 Å². The number of ether oxygens (including phenoxy) is 2. The Bertz CT molecular complexity index is 480. The first-order valence-corrected chi connectivity index (χ1v) is 9.76. The Labute approximate surface area is 164 Å². The third kappa shape index (κ3) is 9.81. The van der Waals surface area contributed by atoms with E-state index in [-0.39, 0.29) is 11.7 Å². The molecule has 1 aliphatic rings. The highest BCUT2D eigenvalue weighted by Gasteiger charge is 2.25. The van der Waals surface area contributed by atoms with Crippen molar-refractivity contribution < 1.29 is 14.3 Å². The van der Waals surface area contributed by atoms with Gasteiger partial charge < -0.3 is 25.0 Å². The smallest absolute Gasteiger partial charge is 0.410 e. The number of guanidine groups is 1. The number of hydrogen-bond donors (Lipinski definition) is 2. The highest BCUT2D eigenvalue weighted by Crippen LogP contribution is 2.12. The highest BCUT2D eigenvalue weighted by atomic mass is 16.6. The van der Waals surface area contributed by atoms with Gasteiger partial charge in [-0.2, -0.15) is 0 Å². The first-order valence-electron chi connectivity index (χ1n) is 9.76. The number of carbonyl (C=O) groups excluding carboxylic acids is 1. The van der Waals surface area contributed by atoms with E-state index >= 15 is 0 Å². The van der Waals surface area contributed by atoms with Crippen LogP contribution in [-0.4, -0.2) is 93.0 Å². The summed E-state index contributed by atoms with van der Waals surface area (Å²) in [5.41, 5.74) is -0.670. The van der Waals surface area contributed by atoms with E-state index in [2.05, 4.69) is 20.5 Å². The Morgan fingerprint density at radius 1 is 1.07 bits per heavy atom. The van der Waals surface area contributed by atoms with Crippen LogP contribution < -0.4 is 10.6 Å². The molecule has 0 bridgehead atoms. The minimum absolute atomic E-state index is 0.210. The van der Waals surface area contributed by atoms with E-state index in [9.17, 15) is 4.79 Å². The average molecular weight is 386 g/mol. The average Bonchev–Trinajstić information content (AvgIpc) is 2.60. The number of methoxy groups -OCH3 is 1. The Hall–Kier alpha value is -1.54. The van der Waals surface area contributed by atoms with Crippen molar-refractivity contribution in [1.29, 1.82) is 0 Å². The first kappa shape index (κ1) is 23.5. The second kappa shape index (κ2) is 10.7. The summed E-state index contributed by atoms with van der Waals surface area (Å²) in [7, 11) is 3.48. The van der Waals surface area contributed by atoms with E-state index in [0.717, 1.165) is 51.6 Å². The summed E-state index contributed by atoms with van der Waals surface area (Å²) in [5.74, 6) is 0.787. The van der Waals surface area contributed by atoms with Crippen LogP contribution in [0.1, 0.15) is 41.0 Å². The number of carbonyl (C=O) groups is 1. The number of nitrogens with zero attached hydrogens (tertiary/aromatic N) is 3. The topological polar surface area (TPSA) is 78.4 Å². The Morgan fingerprint density at radius 2 is 1.70 bits per heavy atom. The molecule has 8 heteroatoms. The van der Waals surface area contributed by atoms with Gasteiger partial charge in [-0.1, -0.05) is 0 Å². The summed E-state index contributed by atoms with van der Waals surface area (Å²) in [6, 6.07) is 0. The van der Waals surface area contributed by atoms with E-state index in [0.29, 0.717) is 6.54 Å². The molecule has 1 saturated heterocycles. The largest absolute Gasteiger partial charge is 0.444 e. The maximum absolute atomic E-state index is 12.1. The molecule has 1 fully saturated rings. The van der Waals surface area contributed by atoms with Gasteiger partial charge in [-0.05, 0) is 47.6 Å². The fourth-order valence-corrected chi connectivity index (χ4v) is 2.58. The molecule has 1 rings (SSSR count). The summed E-state index contributed by atoms with van der Waals surface area (Å²) in [6.45, 7) is 15.5. The molecule has 0 aromatic carbocycles. The van der Waals surface area contributed by atoms with E-state index < -0.39 is 5.60 Å². The van der Waals surface area contributed by atoms with Crippen molar-refractivity contribution in [3.05, 3.63) is 0 Å². The zero-order valence-electron chi connectivity index (χ0n) is 18.2. The number of aliphatic imine (C=N–C) groups is 1. The molecule has 0 radical (unpaired) electrons. The van der Waals surface area contributed by atoms with Crippen LogP contribution in [0.4, 0.5) is 4.79 Å². The second-order valence-corrected chi connectivity index (χ2v) is 8.48. The summed E-state index contributed by atoms with van der Waals surface area (Å²) in [6.07, 6.45) is 0.804. The Balaban J connectivity index is 2.20. The van der Waals surface area contributed by atoms with Crippen molar-refractivity contribution in [2.45, 2.75) is 52.2 Å². The van der Waals surface area contributed by atoms with Gasteiger partial charge in [-0.3, -0.25) is 9.89 Å². The van der Waals surface area contributed by atoms with Crippen molar-refractivity contribution in [2.24, 2.45) is 4.99 Å². The summed E-state index contributed by atoms with van der Waals surface area (Å²) >= 11 is 0. The van der Waals surface area contributed by atoms with Gasteiger partial charge in [0.1, 0.15) is 5.60 Å². The van der Waals surface area contributed by atoms with Crippen molar-refractivity contribution in [2.75, 3.05) is 60.0 Å². The quantitative estimate of drug-likeness (QED) is 0.393. The van der Waals surface area contributed by atoms with E-state index in [1.165, 1.54) is 0 Å². The predicted octanol–water partition coefficient (Wildman–Crippen LogP) is 1.52. The fraction of sp³-hybridized carbons (Fsp3) is 0.895. The van der Waals surface area contributed by atoms with Crippen LogP contribution in [0.5, 0.6) is 0 Å². The molecule has 1 amide bonds. The van der Waals surface area contributed by atoms with Gasteiger partial charge in [0.25, 0.3) is 0 Å². The zero-order valence-corrected chi connectivity index (χ0v) is 18.2. The molecule has 0 aliphatic carbocycles. The maximum atomic E-state index is 12.1. The lowest BCUT2D eigenvalue weighted by atomic mass is 10.1. The van der Waals surface area contributed by atoms with Gasteiger partial charge in [0.2, 0.25) is 0 Å². The molecule has 0 aromatic rings. The number of nitrogens with one attached hydrogen (secondary N) is 2. The molecule has 0 unspecified atom stereocenters. The van der Waals surface area contributed by atoms with Crippen LogP contribution in [0.25, 0.3) is 0 Å². The van der Waals surface area contributed by atoms with Crippen LogP contribution in [-0.2, 0) is 9.47 Å². The molecule has 0 spiro atoms. The minimum atomic E-state index is -0.440.